The smallest absolute Gasteiger partial charge is 0.222 e. The Morgan fingerprint density at radius 1 is 0.710 bits per heavy atom. The van der Waals surface area contributed by atoms with Crippen molar-refractivity contribution in [3.8, 4) is 0 Å². The lowest BCUT2D eigenvalue weighted by atomic mass is 10.1. The van der Waals surface area contributed by atoms with Crippen molar-refractivity contribution in [2.24, 2.45) is 0 Å². The van der Waals surface area contributed by atoms with Gasteiger partial charge < -0.3 is 26.4 Å². The van der Waals surface area contributed by atoms with Crippen molar-refractivity contribution in [1.29, 1.82) is 0 Å². The van der Waals surface area contributed by atoms with E-state index in [0.29, 0.717) is 64.6 Å². The van der Waals surface area contributed by atoms with Gasteiger partial charge in [0.25, 0.3) is 0 Å². The number of rotatable bonds is 20. The van der Waals surface area contributed by atoms with Crippen LogP contribution in [0.3, 0.4) is 0 Å². The van der Waals surface area contributed by atoms with Crippen LogP contribution < -0.4 is 21.3 Å². The highest BCUT2D eigenvalue weighted by molar-refractivity contribution is 5.79. The van der Waals surface area contributed by atoms with Crippen LogP contribution in [-0.2, 0) is 19.2 Å². The predicted octanol–water partition coefficient (Wildman–Crippen LogP) is 0.795. The molecule has 0 aliphatic carbocycles. The summed E-state index contributed by atoms with van der Waals surface area (Å²) in [5.41, 5.74) is 0. The summed E-state index contributed by atoms with van der Waals surface area (Å²) >= 11 is 0. The Morgan fingerprint density at radius 2 is 1.23 bits per heavy atom. The molecule has 0 aromatic carbocycles. The number of amides is 3. The zero-order valence-corrected chi connectivity index (χ0v) is 19.3. The number of unbranched alkanes of at least 4 members (excludes halogenated alkanes) is 2. The number of hydrogen-bond acceptors (Lipinski definition) is 6. The van der Waals surface area contributed by atoms with Gasteiger partial charge in [0.1, 0.15) is 5.78 Å². The normalized spacial score (nSPS) is 11.6. The molecule has 0 saturated carbocycles. The Balaban J connectivity index is 3.54. The quantitative estimate of drug-likeness (QED) is 0.177. The van der Waals surface area contributed by atoms with E-state index in [9.17, 15) is 24.3 Å². The van der Waals surface area contributed by atoms with E-state index in [1.807, 2.05) is 7.05 Å². The lowest BCUT2D eigenvalue weighted by Gasteiger charge is -2.10. The van der Waals surface area contributed by atoms with Crippen LogP contribution in [-0.4, -0.2) is 67.9 Å². The zero-order valence-electron chi connectivity index (χ0n) is 19.3. The van der Waals surface area contributed by atoms with Gasteiger partial charge in [-0.2, -0.15) is 0 Å². The van der Waals surface area contributed by atoms with Crippen LogP contribution in [0.25, 0.3) is 0 Å². The number of Topliss-reactive ketones (excluding diaryl/α,β-unsaturated/α-hetero) is 1. The average molecular weight is 443 g/mol. The van der Waals surface area contributed by atoms with Gasteiger partial charge in [0, 0.05) is 45.3 Å². The first-order chi connectivity index (χ1) is 14.9. The number of nitrogens with one attached hydrogen (secondary N) is 4. The topological polar surface area (TPSA) is 137 Å². The molecular weight excluding hydrogens is 400 g/mol. The molecule has 0 bridgehead atoms. The third-order valence-electron chi connectivity index (χ3n) is 4.80. The van der Waals surface area contributed by atoms with Crippen LogP contribution in [0.2, 0.25) is 0 Å². The minimum atomic E-state index is -0.792. The van der Waals surface area contributed by atoms with Crippen molar-refractivity contribution < 1.29 is 24.3 Å². The van der Waals surface area contributed by atoms with E-state index in [0.717, 1.165) is 25.8 Å². The molecule has 5 N–H and O–H groups in total. The monoisotopic (exact) mass is 442 g/mol. The second-order valence-corrected chi connectivity index (χ2v) is 7.71. The molecule has 180 valence electrons. The maximum atomic E-state index is 11.8. The van der Waals surface area contributed by atoms with E-state index < -0.39 is 6.10 Å². The second kappa shape index (κ2) is 19.9. The molecule has 0 radical (unpaired) electrons. The summed E-state index contributed by atoms with van der Waals surface area (Å²) in [7, 11) is 1.87. The molecule has 0 aliphatic rings. The van der Waals surface area contributed by atoms with E-state index >= 15 is 0 Å². The van der Waals surface area contributed by atoms with Crippen molar-refractivity contribution in [2.45, 2.75) is 83.7 Å². The third-order valence-corrected chi connectivity index (χ3v) is 4.80. The number of ketones is 1. The van der Waals surface area contributed by atoms with Crippen LogP contribution in [0, 0.1) is 0 Å². The van der Waals surface area contributed by atoms with Gasteiger partial charge in [-0.25, -0.2) is 0 Å². The standard InChI is InChI=1S/C22H42N4O5/c1-3-18(27)11-12-19(28)17-22(31)26-15-7-6-14-24-20(29)9-4-5-10-21(30)25-16-8-13-23-2/h19,23,28H,3-17H2,1-2H3,(H,24,29)(H,25,30)(H,26,31). The molecule has 1 atom stereocenters. The van der Waals surface area contributed by atoms with Crippen LogP contribution in [0.4, 0.5) is 0 Å². The molecule has 1 unspecified atom stereocenters. The fourth-order valence-electron chi connectivity index (χ4n) is 2.84. The van der Waals surface area contributed by atoms with Crippen molar-refractivity contribution >= 4 is 23.5 Å². The molecule has 0 aromatic heterocycles. The summed E-state index contributed by atoms with van der Waals surface area (Å²) in [5, 5.41) is 21.2. The highest BCUT2D eigenvalue weighted by Crippen LogP contribution is 2.04. The maximum absolute atomic E-state index is 11.8. The van der Waals surface area contributed by atoms with Crippen LogP contribution in [0.15, 0.2) is 0 Å². The summed E-state index contributed by atoms with van der Waals surface area (Å²) < 4.78 is 0. The molecule has 9 nitrogen and oxygen atoms in total. The molecule has 0 rings (SSSR count). The molecule has 0 aliphatic heterocycles. The molecular formula is C22H42N4O5. The van der Waals surface area contributed by atoms with Crippen molar-refractivity contribution in [2.75, 3.05) is 33.2 Å². The number of hydrogen-bond donors (Lipinski definition) is 5. The van der Waals surface area contributed by atoms with E-state index in [1.54, 1.807) is 6.92 Å². The first kappa shape index (κ1) is 29.0. The van der Waals surface area contributed by atoms with Gasteiger partial charge in [0.05, 0.1) is 12.5 Å². The van der Waals surface area contributed by atoms with Gasteiger partial charge in [-0.15, -0.1) is 0 Å². The molecule has 0 heterocycles. The Hall–Kier alpha value is -2.00. The fraction of sp³-hybridized carbons (Fsp3) is 0.818. The van der Waals surface area contributed by atoms with E-state index in [2.05, 4.69) is 21.3 Å². The van der Waals surface area contributed by atoms with Gasteiger partial charge in [-0.1, -0.05) is 6.92 Å². The summed E-state index contributed by atoms with van der Waals surface area (Å²) in [6, 6.07) is 0. The van der Waals surface area contributed by atoms with Crippen LogP contribution in [0.1, 0.15) is 77.6 Å². The number of carbonyl (C=O) groups excluding carboxylic acids is 4. The molecule has 0 aromatic rings. The molecule has 3 amide bonds. The SMILES string of the molecule is CCC(=O)CCC(O)CC(=O)NCCCCNC(=O)CCCCC(=O)NCCCNC. The van der Waals surface area contributed by atoms with Gasteiger partial charge in [0.2, 0.25) is 17.7 Å². The largest absolute Gasteiger partial charge is 0.393 e. The minimum absolute atomic E-state index is 0.00169. The summed E-state index contributed by atoms with van der Waals surface area (Å²) in [6.45, 7) is 4.35. The van der Waals surface area contributed by atoms with E-state index in [1.165, 1.54) is 0 Å². The Morgan fingerprint density at radius 3 is 1.74 bits per heavy atom. The maximum Gasteiger partial charge on any atom is 0.222 e. The van der Waals surface area contributed by atoms with Gasteiger partial charge in [-0.3, -0.25) is 19.2 Å². The van der Waals surface area contributed by atoms with Gasteiger partial charge >= 0.3 is 0 Å². The predicted molar refractivity (Wildman–Crippen MR) is 120 cm³/mol. The van der Waals surface area contributed by atoms with Crippen LogP contribution >= 0.6 is 0 Å². The summed E-state index contributed by atoms with van der Waals surface area (Å²) in [5.74, 6) is -0.141. The second-order valence-electron chi connectivity index (χ2n) is 7.71. The lowest BCUT2D eigenvalue weighted by Crippen LogP contribution is -2.29. The number of aliphatic hydroxyl groups excluding tert-OH is 1. The van der Waals surface area contributed by atoms with Crippen molar-refractivity contribution in [3.05, 3.63) is 0 Å². The Labute approximate surface area is 186 Å². The molecule has 31 heavy (non-hydrogen) atoms. The number of aliphatic hydroxyl groups is 1. The van der Waals surface area contributed by atoms with Crippen molar-refractivity contribution in [3.63, 3.8) is 0 Å². The first-order valence-electron chi connectivity index (χ1n) is 11.5. The zero-order chi connectivity index (χ0) is 23.3. The highest BCUT2D eigenvalue weighted by Gasteiger charge is 2.12. The first-order valence-corrected chi connectivity index (χ1v) is 11.5. The summed E-state index contributed by atoms with van der Waals surface area (Å²) in [4.78, 5) is 46.3. The fourth-order valence-corrected chi connectivity index (χ4v) is 2.84. The lowest BCUT2D eigenvalue weighted by molar-refractivity contribution is -0.124. The highest BCUT2D eigenvalue weighted by atomic mass is 16.3. The van der Waals surface area contributed by atoms with E-state index in [4.69, 9.17) is 0 Å². The van der Waals surface area contributed by atoms with Gasteiger partial charge in [-0.05, 0) is 52.1 Å². The van der Waals surface area contributed by atoms with Gasteiger partial charge in [0.15, 0.2) is 0 Å². The molecule has 9 heteroatoms. The Kier molecular flexibility index (Phi) is 18.6. The Bertz CT molecular complexity index is 528. The van der Waals surface area contributed by atoms with Crippen molar-refractivity contribution in [1.82, 2.24) is 21.3 Å². The summed E-state index contributed by atoms with van der Waals surface area (Å²) in [6.07, 6.45) is 4.86. The molecule has 0 spiro atoms. The van der Waals surface area contributed by atoms with Crippen LogP contribution in [0.5, 0.6) is 0 Å². The minimum Gasteiger partial charge on any atom is -0.393 e. The molecule has 0 saturated heterocycles. The average Bonchev–Trinajstić information content (AvgIpc) is 2.74. The molecule has 0 fully saturated rings. The van der Waals surface area contributed by atoms with E-state index in [-0.39, 0.29) is 29.9 Å². The number of carbonyl (C=O) groups is 4. The third kappa shape index (κ3) is 19.7.